The van der Waals surface area contributed by atoms with Crippen molar-refractivity contribution in [3.05, 3.63) is 41.6 Å². The zero-order valence-corrected chi connectivity index (χ0v) is 21.3. The number of nitrogens with one attached hydrogen (secondary N) is 1. The van der Waals surface area contributed by atoms with Crippen molar-refractivity contribution in [1.29, 1.82) is 0 Å². The van der Waals surface area contributed by atoms with Crippen LogP contribution in [0.5, 0.6) is 0 Å². The summed E-state index contributed by atoms with van der Waals surface area (Å²) in [6.45, 7) is 9.28. The summed E-state index contributed by atoms with van der Waals surface area (Å²) in [4.78, 5) is 17.2. The summed E-state index contributed by atoms with van der Waals surface area (Å²) in [7, 11) is -3.48. The highest BCUT2D eigenvalue weighted by molar-refractivity contribution is 14.2. The zero-order chi connectivity index (χ0) is 22.6. The first-order chi connectivity index (χ1) is 14.5. The topological polar surface area (TPSA) is 85.4 Å². The van der Waals surface area contributed by atoms with Gasteiger partial charge in [0.15, 0.2) is 9.84 Å². The number of ether oxygens (including phenoxy) is 1. The number of hydrogen-bond donors (Lipinski definition) is 1. The summed E-state index contributed by atoms with van der Waals surface area (Å²) in [5.74, 6) is 0.128. The van der Waals surface area contributed by atoms with E-state index in [9.17, 15) is 13.2 Å². The summed E-state index contributed by atoms with van der Waals surface area (Å²) >= 11 is -0.274. The van der Waals surface area contributed by atoms with Crippen LogP contribution >= 0.6 is 20.7 Å². The first kappa shape index (κ1) is 22.4. The number of sulfone groups is 1. The predicted molar refractivity (Wildman–Crippen MR) is 133 cm³/mol. The summed E-state index contributed by atoms with van der Waals surface area (Å²) in [5.41, 5.74) is 3.32. The van der Waals surface area contributed by atoms with E-state index in [2.05, 4.69) is 10.3 Å². The quantitative estimate of drug-likeness (QED) is 0.331. The molecule has 1 aliphatic heterocycles. The van der Waals surface area contributed by atoms with Crippen molar-refractivity contribution >= 4 is 56.8 Å². The Hall–Kier alpha value is -1.81. The van der Waals surface area contributed by atoms with Crippen LogP contribution in [0, 0.1) is 5.92 Å². The molecule has 1 aromatic carbocycles. The van der Waals surface area contributed by atoms with Gasteiger partial charge in [-0.1, -0.05) is 20.7 Å². The van der Waals surface area contributed by atoms with E-state index in [1.165, 1.54) is 0 Å². The summed E-state index contributed by atoms with van der Waals surface area (Å²) < 4.78 is 32.0. The third-order valence-corrected chi connectivity index (χ3v) is 12.0. The van der Waals surface area contributed by atoms with Crippen LogP contribution in [-0.2, 0) is 19.4 Å². The van der Waals surface area contributed by atoms with Gasteiger partial charge in [-0.3, -0.25) is 4.98 Å². The Morgan fingerprint density at radius 1 is 1.29 bits per heavy atom. The number of anilines is 1. The van der Waals surface area contributed by atoms with Gasteiger partial charge in [0.25, 0.3) is 0 Å². The molecule has 1 N–H and O–H groups in total. The lowest BCUT2D eigenvalue weighted by Gasteiger charge is -2.21. The first-order valence-corrected chi connectivity index (χ1v) is 14.1. The fraction of sp³-hybridized carbons (Fsp3) is 0.435. The number of halogens is 1. The molecule has 0 saturated heterocycles. The van der Waals surface area contributed by atoms with Gasteiger partial charge in [-0.15, -0.1) is 0 Å². The minimum Gasteiger partial charge on any atom is -0.463 e. The van der Waals surface area contributed by atoms with Crippen molar-refractivity contribution < 1.29 is 17.9 Å². The molecule has 31 heavy (non-hydrogen) atoms. The van der Waals surface area contributed by atoms with E-state index in [4.69, 9.17) is 4.74 Å². The van der Waals surface area contributed by atoms with Crippen molar-refractivity contribution in [2.75, 3.05) is 11.9 Å². The Labute approximate surface area is 193 Å². The van der Waals surface area contributed by atoms with Crippen LogP contribution in [0.15, 0.2) is 46.5 Å². The van der Waals surface area contributed by atoms with Gasteiger partial charge in [0, 0.05) is 32.7 Å². The number of pyridine rings is 1. The van der Waals surface area contributed by atoms with Gasteiger partial charge < -0.3 is 10.1 Å². The average Bonchev–Trinajstić information content (AvgIpc) is 3.46. The third-order valence-electron chi connectivity index (χ3n) is 5.64. The number of hydrogen-bond acceptors (Lipinski definition) is 6. The molecule has 1 saturated carbocycles. The van der Waals surface area contributed by atoms with E-state index in [1.54, 1.807) is 45.2 Å². The molecule has 0 spiro atoms. The molecule has 8 heteroatoms. The maximum Gasteiger partial charge on any atom is 0.334 e. The largest absolute Gasteiger partial charge is 0.463 e. The summed E-state index contributed by atoms with van der Waals surface area (Å²) in [6, 6.07) is 6.95. The third kappa shape index (κ3) is 4.04. The van der Waals surface area contributed by atoms with Gasteiger partial charge in [-0.25, -0.2) is 13.2 Å². The number of rotatable bonds is 5. The van der Waals surface area contributed by atoms with Gasteiger partial charge in [0.05, 0.1) is 25.4 Å². The highest BCUT2D eigenvalue weighted by Gasteiger charge is 2.46. The molecule has 2 atom stereocenters. The molecule has 0 bridgehead atoms. The Bertz CT molecular complexity index is 1240. The molecule has 6 nitrogen and oxygen atoms in total. The number of alkyl halides is 1. The average molecular weight is 554 g/mol. The minimum absolute atomic E-state index is 0.214. The number of carbonyl (C=O) groups excluding carboxylic acids is 1. The lowest BCUT2D eigenvalue weighted by Crippen LogP contribution is -2.27. The molecule has 0 radical (unpaired) electrons. The molecule has 1 aliphatic carbocycles. The molecule has 2 aliphatic rings. The molecular weight excluding hydrogens is 527 g/mol. The van der Waals surface area contributed by atoms with Gasteiger partial charge in [-0.2, -0.15) is 0 Å². The molecule has 0 amide bonds. The highest BCUT2D eigenvalue weighted by Crippen LogP contribution is 2.52. The van der Waals surface area contributed by atoms with E-state index >= 15 is 0 Å². The van der Waals surface area contributed by atoms with E-state index < -0.39 is 14.6 Å². The predicted octanol–water partition coefficient (Wildman–Crippen LogP) is 4.60. The van der Waals surface area contributed by atoms with Gasteiger partial charge in [0.1, 0.15) is 0 Å². The fourth-order valence-electron chi connectivity index (χ4n) is 3.71. The SMILES string of the molecule is CCOC(=O)C1=C(C)C(Nc2ccnc3ccc(S(=O)(=O)C(C)(C)C)cc23)=IC2CC12. The smallest absolute Gasteiger partial charge is 0.334 e. The number of nitrogens with zero attached hydrogens (tertiary/aromatic N) is 1. The van der Waals surface area contributed by atoms with Crippen LogP contribution in [0.3, 0.4) is 0 Å². The number of aromatic nitrogens is 1. The Morgan fingerprint density at radius 3 is 2.71 bits per heavy atom. The van der Waals surface area contributed by atoms with Gasteiger partial charge >= 0.3 is 5.97 Å². The molecule has 4 rings (SSSR count). The first-order valence-electron chi connectivity index (χ1n) is 10.3. The molecular formula is C23H27IN2O4S. The van der Waals surface area contributed by atoms with Crippen LogP contribution in [-0.4, -0.2) is 38.3 Å². The Balaban J connectivity index is 1.76. The van der Waals surface area contributed by atoms with Crippen molar-refractivity contribution in [3.63, 3.8) is 0 Å². The number of esters is 1. The lowest BCUT2D eigenvalue weighted by atomic mass is 10.0. The molecule has 166 valence electrons. The van der Waals surface area contributed by atoms with Crippen molar-refractivity contribution in [2.45, 2.75) is 54.6 Å². The Kier molecular flexibility index (Phi) is 5.74. The van der Waals surface area contributed by atoms with Crippen LogP contribution < -0.4 is 5.32 Å². The zero-order valence-electron chi connectivity index (χ0n) is 18.3. The second-order valence-corrected chi connectivity index (χ2v) is 14.8. The normalized spacial score (nSPS) is 21.1. The van der Waals surface area contributed by atoms with Crippen LogP contribution in [0.4, 0.5) is 5.69 Å². The summed E-state index contributed by atoms with van der Waals surface area (Å²) in [6.07, 6.45) is 2.77. The molecule has 1 aromatic heterocycles. The molecule has 2 heterocycles. The second kappa shape index (κ2) is 7.95. The van der Waals surface area contributed by atoms with Crippen LogP contribution in [0.25, 0.3) is 10.9 Å². The van der Waals surface area contributed by atoms with E-state index in [0.717, 1.165) is 37.8 Å². The summed E-state index contributed by atoms with van der Waals surface area (Å²) in [5, 5.41) is 4.30. The maximum atomic E-state index is 13.0. The van der Waals surface area contributed by atoms with Crippen LogP contribution in [0.2, 0.25) is 0 Å². The van der Waals surface area contributed by atoms with E-state index in [0.29, 0.717) is 16.4 Å². The van der Waals surface area contributed by atoms with E-state index in [1.807, 2.05) is 19.9 Å². The molecule has 2 aromatic rings. The van der Waals surface area contributed by atoms with Gasteiger partial charge in [0.2, 0.25) is 0 Å². The second-order valence-electron chi connectivity index (χ2n) is 8.82. The molecule has 2 unspecified atom stereocenters. The van der Waals surface area contributed by atoms with Gasteiger partial charge in [-0.05, 0) is 70.9 Å². The lowest BCUT2D eigenvalue weighted by molar-refractivity contribution is -0.138. The molecule has 1 fully saturated rings. The minimum atomic E-state index is -3.48. The fourth-order valence-corrected chi connectivity index (χ4v) is 8.54. The van der Waals surface area contributed by atoms with Crippen LogP contribution in [0.1, 0.15) is 41.0 Å². The highest BCUT2D eigenvalue weighted by atomic mass is 127. The monoisotopic (exact) mass is 554 g/mol. The Morgan fingerprint density at radius 2 is 2.03 bits per heavy atom. The van der Waals surface area contributed by atoms with E-state index in [-0.39, 0.29) is 31.6 Å². The number of benzene rings is 1. The van der Waals surface area contributed by atoms with Crippen molar-refractivity contribution in [3.8, 4) is 0 Å². The van der Waals surface area contributed by atoms with Crippen molar-refractivity contribution in [2.24, 2.45) is 5.92 Å². The number of fused-ring (bicyclic) bond motifs is 2. The van der Waals surface area contributed by atoms with Crippen molar-refractivity contribution in [1.82, 2.24) is 4.98 Å². The number of carbonyl (C=O) groups is 1. The maximum absolute atomic E-state index is 13.0. The standard InChI is InChI=1S/C23H27IN2O4S/c1-6-30-22(27)20-13(2)21(24-17-12-15(17)20)26-19-9-10-25-18-8-7-14(11-16(18)19)31(28,29)23(3,4)5/h7-11,15,17H,6,12H2,1-5H3,(H,25,26).